The van der Waals surface area contributed by atoms with E-state index in [1.165, 1.54) is 4.57 Å². The fourth-order valence-corrected chi connectivity index (χ4v) is 10.1. The first-order valence-corrected chi connectivity index (χ1v) is 21.8. The molecule has 326 valence electrons. The summed E-state index contributed by atoms with van der Waals surface area (Å²) in [4.78, 5) is 51.2. The number of aryl methyl sites for hydroxylation is 2. The van der Waals surface area contributed by atoms with E-state index in [1.54, 1.807) is 36.1 Å². The fourth-order valence-electron chi connectivity index (χ4n) is 9.96. The molecule has 5 aromatic rings. The Morgan fingerprint density at radius 3 is 2.53 bits per heavy atom. The molecule has 1 unspecified atom stereocenters. The van der Waals surface area contributed by atoms with Crippen LogP contribution in [0.2, 0.25) is 5.02 Å². The summed E-state index contributed by atoms with van der Waals surface area (Å²) in [7, 11) is 3.42. The van der Waals surface area contributed by atoms with Crippen LogP contribution in [0, 0.1) is 11.8 Å². The number of aromatic nitrogens is 5. The second-order valence-corrected chi connectivity index (χ2v) is 18.1. The lowest BCUT2D eigenvalue weighted by Gasteiger charge is -2.39. The third-order valence-electron chi connectivity index (χ3n) is 13.5. The number of piperidine rings is 3. The maximum atomic E-state index is 16.0. The Labute approximate surface area is 360 Å². The fraction of sp³-hybridized carbons (Fsp3) is 0.500. The maximum absolute atomic E-state index is 16.0. The summed E-state index contributed by atoms with van der Waals surface area (Å²) < 4.78 is 54.9. The summed E-state index contributed by atoms with van der Waals surface area (Å²) in [5, 5.41) is 15.1. The minimum atomic E-state index is -3.14. The van der Waals surface area contributed by atoms with Crippen LogP contribution in [0.25, 0.3) is 21.8 Å². The van der Waals surface area contributed by atoms with Gasteiger partial charge < -0.3 is 29.7 Å². The van der Waals surface area contributed by atoms with Crippen LogP contribution < -0.4 is 31.1 Å². The number of nitrogens with one attached hydrogen (secondary N) is 3. The molecule has 0 radical (unpaired) electrons. The molecule has 4 fully saturated rings. The highest BCUT2D eigenvalue weighted by molar-refractivity contribution is 6.33. The summed E-state index contributed by atoms with van der Waals surface area (Å²) in [6.45, 7) is 2.53. The molecule has 0 bridgehead atoms. The first-order chi connectivity index (χ1) is 29.8. The third kappa shape index (κ3) is 7.50. The van der Waals surface area contributed by atoms with E-state index in [0.717, 1.165) is 55.5 Å². The number of anilines is 4. The number of ether oxygens (including phenoxy) is 1. The SMILES string of the molecule is Cn1nc(C2CCC(=O)NC2=O)c2ccc([C@H]3CCN(CC4CCN(c5ncc(Cl)c(Nc6ccc7c(c6)c6c(c(=O)n7C)OCC(F)(F)[C@H](C7CC7)N6)n5)CC4)C[C@H]3F)cc21. The largest absolute Gasteiger partial charge is 0.480 e. The molecule has 14 nitrogen and oxygen atoms in total. The summed E-state index contributed by atoms with van der Waals surface area (Å²) in [6.07, 6.45) is 5.08. The van der Waals surface area contributed by atoms with E-state index in [1.807, 2.05) is 25.2 Å². The van der Waals surface area contributed by atoms with E-state index in [2.05, 4.69) is 35.8 Å². The molecular formula is C44H48ClF3N10O4. The van der Waals surface area contributed by atoms with Crippen LogP contribution in [0.5, 0.6) is 5.75 Å². The normalized spacial score (nSPS) is 24.6. The van der Waals surface area contributed by atoms with Crippen LogP contribution >= 0.6 is 11.6 Å². The molecular weight excluding hydrogens is 825 g/mol. The van der Waals surface area contributed by atoms with Gasteiger partial charge in [-0.1, -0.05) is 23.7 Å². The van der Waals surface area contributed by atoms with Crippen molar-refractivity contribution in [3.05, 3.63) is 69.2 Å². The monoisotopic (exact) mass is 872 g/mol. The summed E-state index contributed by atoms with van der Waals surface area (Å²) in [6, 6.07) is 10.1. The number of hydrogen-bond acceptors (Lipinski definition) is 11. The second-order valence-electron chi connectivity index (χ2n) is 17.7. The second kappa shape index (κ2) is 15.7. The number of nitrogens with zero attached hydrogens (tertiary/aromatic N) is 7. The van der Waals surface area contributed by atoms with Gasteiger partial charge in [-0.2, -0.15) is 10.1 Å². The summed E-state index contributed by atoms with van der Waals surface area (Å²) in [5.41, 5.74) is 3.35. The van der Waals surface area contributed by atoms with Crippen molar-refractivity contribution in [1.29, 1.82) is 0 Å². The van der Waals surface area contributed by atoms with Gasteiger partial charge in [-0.05, 0) is 86.7 Å². The Morgan fingerprint density at radius 1 is 0.968 bits per heavy atom. The van der Waals surface area contributed by atoms with Crippen LogP contribution in [-0.4, -0.2) is 98.5 Å². The van der Waals surface area contributed by atoms with E-state index in [9.17, 15) is 14.4 Å². The predicted molar refractivity (Wildman–Crippen MR) is 230 cm³/mol. The van der Waals surface area contributed by atoms with Crippen molar-refractivity contribution < 1.29 is 27.5 Å². The highest BCUT2D eigenvalue weighted by atomic mass is 35.5. The number of imide groups is 1. The Kier molecular flexibility index (Phi) is 10.3. The lowest BCUT2D eigenvalue weighted by molar-refractivity contribution is -0.134. The number of carbonyl (C=O) groups excluding carboxylic acids is 2. The molecule has 4 aliphatic heterocycles. The Hall–Kier alpha value is -5.42. The molecule has 3 N–H and O–H groups in total. The molecule has 0 spiro atoms. The van der Waals surface area contributed by atoms with Crippen molar-refractivity contribution in [2.75, 3.05) is 54.9 Å². The smallest absolute Gasteiger partial charge is 0.301 e. The molecule has 7 heterocycles. The number of rotatable bonds is 8. The van der Waals surface area contributed by atoms with Crippen molar-refractivity contribution in [3.63, 3.8) is 0 Å². The Bertz CT molecular complexity index is 2660. The molecule has 62 heavy (non-hydrogen) atoms. The zero-order chi connectivity index (χ0) is 43.0. The zero-order valence-corrected chi connectivity index (χ0v) is 35.2. The van der Waals surface area contributed by atoms with Gasteiger partial charge >= 0.3 is 5.92 Å². The van der Waals surface area contributed by atoms with Gasteiger partial charge in [0.2, 0.25) is 23.5 Å². The lowest BCUT2D eigenvalue weighted by Crippen LogP contribution is -2.45. The first kappa shape index (κ1) is 40.6. The molecule has 1 aliphatic carbocycles. The molecule has 5 aliphatic rings. The van der Waals surface area contributed by atoms with E-state index >= 15 is 13.2 Å². The van der Waals surface area contributed by atoms with Crippen LogP contribution in [0.1, 0.15) is 68.0 Å². The number of fused-ring (bicyclic) bond motifs is 4. The Balaban J connectivity index is 0.773. The van der Waals surface area contributed by atoms with Gasteiger partial charge in [-0.3, -0.25) is 24.4 Å². The van der Waals surface area contributed by atoms with Gasteiger partial charge in [-0.15, -0.1) is 0 Å². The van der Waals surface area contributed by atoms with E-state index in [4.69, 9.17) is 21.3 Å². The molecule has 18 heteroatoms. The number of hydrogen-bond donors (Lipinski definition) is 3. The molecule has 3 saturated heterocycles. The minimum absolute atomic E-state index is 0.122. The molecule has 4 atom stereocenters. The van der Waals surface area contributed by atoms with E-state index in [-0.39, 0.29) is 41.5 Å². The number of likely N-dealkylation sites (tertiary alicyclic amines) is 1. The number of pyridine rings is 1. The van der Waals surface area contributed by atoms with Gasteiger partial charge in [-0.25, -0.2) is 18.2 Å². The number of benzene rings is 2. The number of halogens is 4. The van der Waals surface area contributed by atoms with Crippen molar-refractivity contribution in [2.45, 2.75) is 74.9 Å². The highest BCUT2D eigenvalue weighted by Crippen LogP contribution is 2.46. The van der Waals surface area contributed by atoms with Gasteiger partial charge in [0, 0.05) is 69.1 Å². The molecule has 2 amide bonds. The van der Waals surface area contributed by atoms with Crippen molar-refractivity contribution in [1.82, 2.24) is 34.5 Å². The quantitative estimate of drug-likeness (QED) is 0.149. The Morgan fingerprint density at radius 2 is 1.77 bits per heavy atom. The van der Waals surface area contributed by atoms with Crippen LogP contribution in [-0.2, 0) is 23.7 Å². The van der Waals surface area contributed by atoms with Crippen molar-refractivity contribution >= 4 is 68.4 Å². The third-order valence-corrected chi connectivity index (χ3v) is 13.8. The standard InChI is InChI=1S/C44H48ClF3N10O4/c1-55-33-9-6-26(18-30(33)37-38(42(55)61)62-22-44(47,48)39(52-37)24-3-4-24)50-40-31(45)19-49-43(53-40)58-15-11-23(12-16-58)20-57-14-13-27(32(46)21-57)25-5-7-28-34(17-25)56(2)54-36(28)29-8-10-35(59)51-41(29)60/h5-7,9,17-19,23-24,27,29,32,39,52H,3-4,8,10-16,20-22H2,1-2H3,(H,49,50,53)(H,51,59,60)/t27-,29?,32-,39+/m1/s1. The van der Waals surface area contributed by atoms with E-state index < -0.39 is 36.2 Å². The van der Waals surface area contributed by atoms with Gasteiger partial charge in [0.05, 0.1) is 40.6 Å². The number of carbonyl (C=O) groups is 2. The number of amides is 2. The van der Waals surface area contributed by atoms with E-state index in [0.29, 0.717) is 77.2 Å². The minimum Gasteiger partial charge on any atom is -0.480 e. The average Bonchev–Trinajstić information content (AvgIpc) is 4.06. The van der Waals surface area contributed by atoms with Crippen molar-refractivity contribution in [3.8, 4) is 5.75 Å². The van der Waals surface area contributed by atoms with Gasteiger partial charge in [0.1, 0.15) is 11.2 Å². The van der Waals surface area contributed by atoms with Crippen LogP contribution in [0.15, 0.2) is 47.4 Å². The maximum Gasteiger partial charge on any atom is 0.301 e. The topological polar surface area (TPSA) is 152 Å². The van der Waals surface area contributed by atoms with Crippen LogP contribution in [0.4, 0.5) is 36.3 Å². The zero-order valence-electron chi connectivity index (χ0n) is 34.5. The average molecular weight is 873 g/mol. The highest BCUT2D eigenvalue weighted by Gasteiger charge is 2.51. The molecule has 1 saturated carbocycles. The van der Waals surface area contributed by atoms with Crippen LogP contribution in [0.3, 0.4) is 0 Å². The summed E-state index contributed by atoms with van der Waals surface area (Å²) >= 11 is 6.61. The lowest BCUT2D eigenvalue weighted by atomic mass is 9.86. The molecule has 10 rings (SSSR count). The summed E-state index contributed by atoms with van der Waals surface area (Å²) in [5.74, 6) is -3.49. The van der Waals surface area contributed by atoms with Gasteiger partial charge in [0.25, 0.3) is 5.56 Å². The predicted octanol–water partition coefficient (Wildman–Crippen LogP) is 6.39. The first-order valence-electron chi connectivity index (χ1n) is 21.5. The van der Waals surface area contributed by atoms with Crippen molar-refractivity contribution in [2.24, 2.45) is 25.9 Å². The number of alkyl halides is 3. The molecule has 2 aromatic carbocycles. The van der Waals surface area contributed by atoms with Gasteiger partial charge in [0.15, 0.2) is 12.4 Å². The molecule has 3 aromatic heterocycles.